The van der Waals surface area contributed by atoms with Gasteiger partial charge < -0.3 is 5.32 Å². The molecule has 0 amide bonds. The van der Waals surface area contributed by atoms with Gasteiger partial charge in [0.05, 0.1) is 0 Å². The van der Waals surface area contributed by atoms with E-state index in [4.69, 9.17) is 0 Å². The fraction of sp³-hybridized carbons (Fsp3) is 0.704. The zero-order valence-corrected chi connectivity index (χ0v) is 20.0. The summed E-state index contributed by atoms with van der Waals surface area (Å²) in [7, 11) is 0. The number of hydrogen-bond donors (Lipinski definition) is 3. The molecule has 1 aromatic rings. The van der Waals surface area contributed by atoms with Crippen LogP contribution in [0.2, 0.25) is 0 Å². The second-order valence-electron chi connectivity index (χ2n) is 10.7. The first kappa shape index (κ1) is 23.1. The Hall–Kier alpha value is -1.10. The van der Waals surface area contributed by atoms with Crippen molar-refractivity contribution in [2.75, 3.05) is 13.1 Å². The van der Waals surface area contributed by atoms with Crippen LogP contribution in [0.25, 0.3) is 5.57 Å². The zero-order valence-electron chi connectivity index (χ0n) is 20.0. The molecule has 3 N–H and O–H groups in total. The summed E-state index contributed by atoms with van der Waals surface area (Å²) in [6, 6.07) is 6.83. The van der Waals surface area contributed by atoms with E-state index in [1.54, 1.807) is 11.1 Å². The molecule has 4 unspecified atom stereocenters. The summed E-state index contributed by atoms with van der Waals surface area (Å²) in [6.45, 7) is 11.7. The Bertz CT molecular complexity index is 733. The largest absolute Gasteiger partial charge is 0.325 e. The van der Waals surface area contributed by atoms with Crippen LogP contribution in [0.15, 0.2) is 24.8 Å². The number of unbranched alkanes of at least 4 members (excludes halogenated alkanes) is 2. The van der Waals surface area contributed by atoms with Crippen molar-refractivity contribution in [2.24, 2.45) is 11.8 Å². The van der Waals surface area contributed by atoms with Gasteiger partial charge in [-0.2, -0.15) is 0 Å². The molecule has 3 aliphatic rings. The minimum atomic E-state index is 0.708. The quantitative estimate of drug-likeness (QED) is 0.263. The Labute approximate surface area is 191 Å². The average molecular weight is 421 g/mol. The summed E-state index contributed by atoms with van der Waals surface area (Å²) in [5.41, 5.74) is 12.7. The van der Waals surface area contributed by atoms with Gasteiger partial charge in [0, 0.05) is 13.1 Å². The number of rotatable bonds is 11. The molecular formula is C27H44BN3. The van der Waals surface area contributed by atoms with Gasteiger partial charge in [0.25, 0.3) is 0 Å². The van der Waals surface area contributed by atoms with Gasteiger partial charge in [0.2, 0.25) is 0 Å². The number of allylic oxidation sites excluding steroid dienone is 1. The third-order valence-electron chi connectivity index (χ3n) is 8.27. The van der Waals surface area contributed by atoms with Gasteiger partial charge in [0.1, 0.15) is 0 Å². The Kier molecular flexibility index (Phi) is 8.31. The van der Waals surface area contributed by atoms with E-state index < -0.39 is 0 Å². The highest BCUT2D eigenvalue weighted by Crippen LogP contribution is 2.36. The monoisotopic (exact) mass is 421 g/mol. The van der Waals surface area contributed by atoms with Gasteiger partial charge in [-0.25, -0.2) is 0 Å². The average Bonchev–Trinajstić information content (AvgIpc) is 2.76. The summed E-state index contributed by atoms with van der Waals surface area (Å²) < 4.78 is 0. The first-order chi connectivity index (χ1) is 15.2. The lowest BCUT2D eigenvalue weighted by Gasteiger charge is -2.48. The van der Waals surface area contributed by atoms with E-state index in [0.717, 1.165) is 37.6 Å². The van der Waals surface area contributed by atoms with E-state index in [2.05, 4.69) is 54.8 Å². The second-order valence-corrected chi connectivity index (χ2v) is 10.7. The third-order valence-corrected chi connectivity index (χ3v) is 8.27. The van der Waals surface area contributed by atoms with Crippen LogP contribution < -0.4 is 16.2 Å². The predicted molar refractivity (Wildman–Crippen MR) is 135 cm³/mol. The number of hydrogen-bond acceptors (Lipinski definition) is 3. The number of benzene rings is 1. The SMILES string of the molecule is C=C(C)c1cccc2c1CB1C(CCC3CCCC(CNNCCCCC)C3)NC1C2. The van der Waals surface area contributed by atoms with Gasteiger partial charge in [-0.05, 0) is 92.2 Å². The molecular weight excluding hydrogens is 377 g/mol. The van der Waals surface area contributed by atoms with E-state index in [9.17, 15) is 0 Å². The first-order valence-electron chi connectivity index (χ1n) is 13.1. The Morgan fingerprint density at radius 2 is 2.03 bits per heavy atom. The normalized spacial score (nSPS) is 27.4. The highest BCUT2D eigenvalue weighted by atomic mass is 15.3. The van der Waals surface area contributed by atoms with Crippen LogP contribution in [0.3, 0.4) is 0 Å². The molecule has 4 rings (SSSR count). The molecule has 0 bridgehead atoms. The van der Waals surface area contributed by atoms with Gasteiger partial charge >= 0.3 is 0 Å². The van der Waals surface area contributed by atoms with Crippen molar-refractivity contribution in [3.63, 3.8) is 0 Å². The lowest BCUT2D eigenvalue weighted by atomic mass is 9.27. The Balaban J connectivity index is 1.20. The summed E-state index contributed by atoms with van der Waals surface area (Å²) in [5.74, 6) is 3.23. The number of nitrogens with one attached hydrogen (secondary N) is 3. The minimum absolute atomic E-state index is 0.708. The molecule has 2 heterocycles. The fourth-order valence-corrected chi connectivity index (χ4v) is 6.45. The maximum Gasteiger partial charge on any atom is 0.184 e. The van der Waals surface area contributed by atoms with Crippen molar-refractivity contribution in [1.29, 1.82) is 0 Å². The lowest BCUT2D eigenvalue weighted by Crippen LogP contribution is -2.72. The molecule has 1 aromatic carbocycles. The maximum atomic E-state index is 4.23. The molecule has 2 fully saturated rings. The molecule has 1 saturated heterocycles. The van der Waals surface area contributed by atoms with Crippen LogP contribution in [0.1, 0.15) is 88.3 Å². The Morgan fingerprint density at radius 1 is 1.16 bits per heavy atom. The lowest BCUT2D eigenvalue weighted by molar-refractivity contribution is 0.233. The number of fused-ring (bicyclic) bond motifs is 2. The smallest absolute Gasteiger partial charge is 0.184 e. The Morgan fingerprint density at radius 3 is 2.87 bits per heavy atom. The molecule has 1 aliphatic carbocycles. The van der Waals surface area contributed by atoms with E-state index in [1.807, 2.05) is 0 Å². The van der Waals surface area contributed by atoms with Crippen LogP contribution in [0, 0.1) is 11.8 Å². The molecule has 4 heteroatoms. The van der Waals surface area contributed by atoms with Gasteiger partial charge in [-0.1, -0.05) is 63.0 Å². The van der Waals surface area contributed by atoms with Crippen molar-refractivity contribution < 1.29 is 0 Å². The van der Waals surface area contributed by atoms with Crippen LogP contribution in [0.4, 0.5) is 0 Å². The molecule has 4 atom stereocenters. The molecule has 0 aromatic heterocycles. The van der Waals surface area contributed by atoms with Crippen molar-refractivity contribution in [3.8, 4) is 0 Å². The predicted octanol–water partition coefficient (Wildman–Crippen LogP) is 5.14. The molecule has 2 aliphatic heterocycles. The maximum absolute atomic E-state index is 4.23. The van der Waals surface area contributed by atoms with Gasteiger partial charge in [-0.15, -0.1) is 0 Å². The van der Waals surface area contributed by atoms with Crippen molar-refractivity contribution in [2.45, 2.75) is 96.3 Å². The number of hydrazine groups is 1. The van der Waals surface area contributed by atoms with Crippen molar-refractivity contribution >= 4 is 12.3 Å². The zero-order chi connectivity index (χ0) is 21.6. The fourth-order valence-electron chi connectivity index (χ4n) is 6.45. The van der Waals surface area contributed by atoms with E-state index >= 15 is 0 Å². The molecule has 3 nitrogen and oxygen atoms in total. The topological polar surface area (TPSA) is 36.1 Å². The molecule has 1 saturated carbocycles. The summed E-state index contributed by atoms with van der Waals surface area (Å²) in [4.78, 5) is 0. The highest BCUT2D eigenvalue weighted by Gasteiger charge is 2.46. The first-order valence-corrected chi connectivity index (χ1v) is 13.1. The van der Waals surface area contributed by atoms with Gasteiger partial charge in [-0.3, -0.25) is 10.9 Å². The van der Waals surface area contributed by atoms with E-state index in [0.29, 0.717) is 5.94 Å². The van der Waals surface area contributed by atoms with Crippen LogP contribution in [-0.2, 0) is 12.7 Å². The van der Waals surface area contributed by atoms with Crippen molar-refractivity contribution in [3.05, 3.63) is 41.5 Å². The standard InChI is InChI=1S/C27H44BN3/c1-4-5-6-15-29-30-19-22-10-7-9-21(16-22)13-14-26-28-18-25-23(17-27(28)31-26)11-8-12-24(25)20(2)3/h8,11-12,21-22,26-27,29-31H,2,4-7,9-10,13-19H2,1,3H3. The summed E-state index contributed by atoms with van der Waals surface area (Å²) >= 11 is 0. The van der Waals surface area contributed by atoms with Crippen LogP contribution in [-0.4, -0.2) is 31.7 Å². The van der Waals surface area contributed by atoms with E-state index in [-0.39, 0.29) is 0 Å². The minimum Gasteiger partial charge on any atom is -0.325 e. The third kappa shape index (κ3) is 5.83. The molecule has 0 spiro atoms. The molecule has 170 valence electrons. The molecule has 0 radical (unpaired) electrons. The van der Waals surface area contributed by atoms with Crippen LogP contribution in [0.5, 0.6) is 0 Å². The van der Waals surface area contributed by atoms with Crippen molar-refractivity contribution in [1.82, 2.24) is 16.2 Å². The molecule has 31 heavy (non-hydrogen) atoms. The van der Waals surface area contributed by atoms with Crippen LogP contribution >= 0.6 is 0 Å². The summed E-state index contributed by atoms with van der Waals surface area (Å²) in [6.07, 6.45) is 14.9. The van der Waals surface area contributed by atoms with E-state index in [1.165, 1.54) is 81.7 Å². The second kappa shape index (κ2) is 11.2. The van der Waals surface area contributed by atoms with Gasteiger partial charge in [0.15, 0.2) is 6.71 Å². The highest BCUT2D eigenvalue weighted by molar-refractivity contribution is 6.65. The summed E-state index contributed by atoms with van der Waals surface area (Å²) in [5, 5.41) is 3.94.